The van der Waals surface area contributed by atoms with Gasteiger partial charge in [-0.1, -0.05) is 50.8 Å². The number of aromatic nitrogens is 2. The van der Waals surface area contributed by atoms with Crippen molar-refractivity contribution in [2.75, 3.05) is 0 Å². The molecule has 1 aromatic carbocycles. The van der Waals surface area contributed by atoms with E-state index >= 15 is 0 Å². The van der Waals surface area contributed by atoms with E-state index in [0.29, 0.717) is 4.90 Å². The number of hydrogen-bond acceptors (Lipinski definition) is 2. The monoisotopic (exact) mass is 348 g/mol. The highest BCUT2D eigenvalue weighted by atomic mass is 32.1. The van der Waals surface area contributed by atoms with Crippen LogP contribution in [-0.2, 0) is 26.2 Å². The molecule has 0 fully saturated rings. The van der Waals surface area contributed by atoms with E-state index < -0.39 is 5.97 Å². The number of aromatic carboxylic acids is 1. The fourth-order valence-electron chi connectivity index (χ4n) is 2.35. The number of nitrogens with zero attached hydrogens (tertiary/aromatic N) is 2. The Kier molecular flexibility index (Phi) is 9.77. The Balaban J connectivity index is 0.000000254. The molecule has 0 saturated carbocycles. The summed E-state index contributed by atoms with van der Waals surface area (Å²) in [5, 5.41) is 8.50. The van der Waals surface area contributed by atoms with Crippen LogP contribution in [0.2, 0.25) is 0 Å². The third-order valence-electron chi connectivity index (χ3n) is 3.71. The van der Waals surface area contributed by atoms with Crippen molar-refractivity contribution < 1.29 is 14.5 Å². The van der Waals surface area contributed by atoms with Crippen molar-refractivity contribution in [3.05, 3.63) is 48.5 Å². The van der Waals surface area contributed by atoms with E-state index in [0.717, 1.165) is 0 Å². The van der Waals surface area contributed by atoms with E-state index in [9.17, 15) is 4.79 Å². The molecule has 4 nitrogen and oxygen atoms in total. The van der Waals surface area contributed by atoms with Crippen molar-refractivity contribution in [2.45, 2.75) is 56.9 Å². The molecule has 0 atom stereocenters. The first kappa shape index (κ1) is 20.2. The third-order valence-corrected chi connectivity index (χ3v) is 4.07. The second-order valence-corrected chi connectivity index (χ2v) is 6.33. The molecule has 0 amide bonds. The van der Waals surface area contributed by atoms with Gasteiger partial charge < -0.3 is 17.7 Å². The largest absolute Gasteiger partial charge is 0.779 e. The molecule has 0 unspecified atom stereocenters. The molecule has 5 heteroatoms. The number of imidazole rings is 1. The molecule has 1 N–H and O–H groups in total. The van der Waals surface area contributed by atoms with Gasteiger partial charge in [-0.25, -0.2) is 13.9 Å². The van der Waals surface area contributed by atoms with Gasteiger partial charge in [0.25, 0.3) is 0 Å². The first-order chi connectivity index (χ1) is 11.5. The summed E-state index contributed by atoms with van der Waals surface area (Å²) in [6.07, 6.45) is 14.6. The van der Waals surface area contributed by atoms with Gasteiger partial charge >= 0.3 is 5.97 Å². The third kappa shape index (κ3) is 8.11. The molecule has 1 heterocycles. The SMILES string of the molecule is CCCCCCCCn1cc[n+](C)c1.O=C(O)c1ccccc1[S-]. The van der Waals surface area contributed by atoms with Crippen LogP contribution in [0.25, 0.3) is 0 Å². The van der Waals surface area contributed by atoms with Gasteiger partial charge in [-0.3, -0.25) is 0 Å². The molecule has 132 valence electrons. The lowest BCUT2D eigenvalue weighted by Gasteiger charge is -2.07. The van der Waals surface area contributed by atoms with Gasteiger partial charge in [0.1, 0.15) is 12.4 Å². The molecular formula is C19H28N2O2S. The first-order valence-electron chi connectivity index (χ1n) is 8.55. The number of unbranched alkanes of at least 4 members (excludes halogenated alkanes) is 5. The summed E-state index contributed by atoms with van der Waals surface area (Å²) in [5.74, 6) is -0.967. The lowest BCUT2D eigenvalue weighted by molar-refractivity contribution is -0.671. The van der Waals surface area contributed by atoms with Gasteiger partial charge in [0.2, 0.25) is 6.33 Å². The molecule has 0 saturated heterocycles. The Morgan fingerprint density at radius 3 is 2.38 bits per heavy atom. The normalized spacial score (nSPS) is 10.1. The van der Waals surface area contributed by atoms with Crippen molar-refractivity contribution in [1.29, 1.82) is 0 Å². The number of rotatable bonds is 8. The minimum atomic E-state index is -0.967. The van der Waals surface area contributed by atoms with Gasteiger partial charge in [-0.05, 0) is 18.9 Å². The van der Waals surface area contributed by atoms with E-state index in [1.807, 2.05) is 0 Å². The Hall–Kier alpha value is -1.88. The Labute approximate surface area is 150 Å². The van der Waals surface area contributed by atoms with Gasteiger partial charge in [0.05, 0.1) is 13.6 Å². The summed E-state index contributed by atoms with van der Waals surface area (Å²) in [6, 6.07) is 6.46. The smallest absolute Gasteiger partial charge is 0.334 e. The first-order valence-corrected chi connectivity index (χ1v) is 8.95. The maximum atomic E-state index is 10.4. The predicted octanol–water partition coefficient (Wildman–Crippen LogP) is 3.96. The molecule has 0 bridgehead atoms. The molecule has 2 rings (SSSR count). The van der Waals surface area contributed by atoms with Crippen LogP contribution in [0.3, 0.4) is 0 Å². The summed E-state index contributed by atoms with van der Waals surface area (Å²) in [7, 11) is 2.07. The summed E-state index contributed by atoms with van der Waals surface area (Å²) in [5.41, 5.74) is 0.192. The van der Waals surface area contributed by atoms with Crippen molar-refractivity contribution in [2.24, 2.45) is 7.05 Å². The fraction of sp³-hybridized carbons (Fsp3) is 0.474. The maximum Gasteiger partial charge on any atom is 0.334 e. The molecule has 2 aromatic rings. The number of benzene rings is 1. The second kappa shape index (κ2) is 11.6. The predicted molar refractivity (Wildman–Crippen MR) is 98.0 cm³/mol. The van der Waals surface area contributed by atoms with Crippen molar-refractivity contribution in [1.82, 2.24) is 4.57 Å². The van der Waals surface area contributed by atoms with Crippen LogP contribution >= 0.6 is 0 Å². The van der Waals surface area contributed by atoms with Gasteiger partial charge in [-0.15, -0.1) is 0 Å². The molecule has 0 aliphatic rings. The van der Waals surface area contributed by atoms with Gasteiger partial charge in [-0.2, -0.15) is 4.90 Å². The van der Waals surface area contributed by atoms with Crippen molar-refractivity contribution in [3.8, 4) is 0 Å². The molecule has 0 radical (unpaired) electrons. The number of hydrogen-bond donors (Lipinski definition) is 1. The van der Waals surface area contributed by atoms with Gasteiger partial charge in [0.15, 0.2) is 0 Å². The highest BCUT2D eigenvalue weighted by Gasteiger charge is 1.99. The number of aryl methyl sites for hydroxylation is 2. The number of carbonyl (C=O) groups is 1. The number of carboxylic acid groups (broad SMARTS) is 1. The van der Waals surface area contributed by atoms with E-state index in [1.165, 1.54) is 51.1 Å². The Morgan fingerprint density at radius 1 is 1.17 bits per heavy atom. The standard InChI is InChI=1S/C12H23N2.C7H6O2S/c1-3-4-5-6-7-8-9-14-11-10-13(2)12-14;8-7(9)5-3-1-2-4-6(5)10/h10-12H,3-9H2,1-2H3;1-4,10H,(H,8,9)/q+1;/p-1. The highest BCUT2D eigenvalue weighted by molar-refractivity contribution is 7.58. The minimum Gasteiger partial charge on any atom is -0.779 e. The van der Waals surface area contributed by atoms with Crippen LogP contribution in [0.4, 0.5) is 0 Å². The van der Waals surface area contributed by atoms with Crippen LogP contribution in [0.1, 0.15) is 55.8 Å². The van der Waals surface area contributed by atoms with E-state index in [-0.39, 0.29) is 5.56 Å². The average Bonchev–Trinajstić information content (AvgIpc) is 2.97. The molecule has 0 aliphatic carbocycles. The molecule has 1 aromatic heterocycles. The topological polar surface area (TPSA) is 46.1 Å². The molecule has 24 heavy (non-hydrogen) atoms. The van der Waals surface area contributed by atoms with E-state index in [1.54, 1.807) is 18.2 Å². The van der Waals surface area contributed by atoms with E-state index in [4.69, 9.17) is 17.7 Å². The minimum absolute atomic E-state index is 0.192. The molecular weight excluding hydrogens is 320 g/mol. The van der Waals surface area contributed by atoms with Crippen molar-refractivity contribution in [3.63, 3.8) is 0 Å². The lowest BCUT2D eigenvalue weighted by Crippen LogP contribution is -2.23. The summed E-state index contributed by atoms with van der Waals surface area (Å²) >= 11 is 4.75. The summed E-state index contributed by atoms with van der Waals surface area (Å²) in [4.78, 5) is 10.7. The fourth-order valence-corrected chi connectivity index (χ4v) is 2.59. The zero-order valence-corrected chi connectivity index (χ0v) is 15.5. The second-order valence-electron chi connectivity index (χ2n) is 5.89. The average molecular weight is 349 g/mol. The van der Waals surface area contributed by atoms with Crippen LogP contribution < -0.4 is 4.57 Å². The maximum absolute atomic E-state index is 10.4. The Morgan fingerprint density at radius 2 is 1.83 bits per heavy atom. The summed E-state index contributed by atoms with van der Waals surface area (Å²) < 4.78 is 4.36. The van der Waals surface area contributed by atoms with Crippen molar-refractivity contribution >= 4 is 18.6 Å². The lowest BCUT2D eigenvalue weighted by atomic mass is 10.1. The highest BCUT2D eigenvalue weighted by Crippen LogP contribution is 2.06. The van der Waals surface area contributed by atoms with Crippen LogP contribution in [0.15, 0.2) is 47.9 Å². The Bertz CT molecular complexity index is 611. The zero-order chi connectivity index (χ0) is 17.8. The zero-order valence-electron chi connectivity index (χ0n) is 14.6. The van der Waals surface area contributed by atoms with Crippen LogP contribution in [-0.4, -0.2) is 15.6 Å². The van der Waals surface area contributed by atoms with E-state index in [2.05, 4.69) is 41.8 Å². The molecule has 0 spiro atoms. The number of carboxylic acids is 1. The van der Waals surface area contributed by atoms with Crippen LogP contribution in [0.5, 0.6) is 0 Å². The molecule has 0 aliphatic heterocycles. The quantitative estimate of drug-likeness (QED) is 0.446. The summed E-state index contributed by atoms with van der Waals surface area (Å²) in [6.45, 7) is 3.44. The van der Waals surface area contributed by atoms with Crippen LogP contribution in [0, 0.1) is 0 Å². The van der Waals surface area contributed by atoms with Gasteiger partial charge in [0, 0.05) is 5.56 Å².